The number of carbonyl (C=O) groups excluding carboxylic acids is 3. The molecule has 1 aromatic rings. The van der Waals surface area contributed by atoms with Gasteiger partial charge in [-0.1, -0.05) is 35.4 Å². The van der Waals surface area contributed by atoms with Gasteiger partial charge in [0.25, 0.3) is 0 Å². The average molecular weight is 379 g/mol. The summed E-state index contributed by atoms with van der Waals surface area (Å²) in [4.78, 5) is 38.5. The zero-order chi connectivity index (χ0) is 17.7. The van der Waals surface area contributed by atoms with Crippen molar-refractivity contribution in [2.45, 2.75) is 12.8 Å². The molecule has 3 amide bonds. The van der Waals surface area contributed by atoms with E-state index in [0.717, 1.165) is 6.42 Å². The van der Waals surface area contributed by atoms with Crippen LogP contribution in [0.3, 0.4) is 0 Å². The topological polar surface area (TPSA) is 66.5 Å². The number of allylic oxidation sites excluding steroid dienone is 2. The van der Waals surface area contributed by atoms with E-state index < -0.39 is 0 Å². The number of hydrogen-bond acceptors (Lipinski definition) is 3. The molecule has 5 nitrogen and oxygen atoms in total. The molecule has 1 aromatic carbocycles. The molecule has 0 radical (unpaired) electrons. The molecule has 2 fully saturated rings. The summed E-state index contributed by atoms with van der Waals surface area (Å²) in [5.41, 5.74) is 0.453. The Labute approximate surface area is 155 Å². The summed E-state index contributed by atoms with van der Waals surface area (Å²) >= 11 is 11.9. The number of benzene rings is 1. The third-order valence-corrected chi connectivity index (χ3v) is 5.88. The minimum absolute atomic E-state index is 0.0403. The maximum absolute atomic E-state index is 12.6. The molecule has 1 N–H and O–H groups in total. The molecular formula is C18H16Cl2N2O3. The van der Waals surface area contributed by atoms with Crippen molar-refractivity contribution in [3.8, 4) is 0 Å². The molecule has 4 rings (SSSR count). The third-order valence-electron chi connectivity index (χ3n) is 5.33. The lowest BCUT2D eigenvalue weighted by molar-refractivity contribution is -0.140. The van der Waals surface area contributed by atoms with Crippen LogP contribution < -0.4 is 5.32 Å². The highest BCUT2D eigenvalue weighted by Crippen LogP contribution is 2.52. The highest BCUT2D eigenvalue weighted by atomic mass is 35.5. The van der Waals surface area contributed by atoms with Crippen molar-refractivity contribution in [3.05, 3.63) is 40.4 Å². The molecule has 0 aromatic heterocycles. The summed E-state index contributed by atoms with van der Waals surface area (Å²) in [6.07, 6.45) is 5.04. The maximum atomic E-state index is 12.6. The Morgan fingerprint density at radius 2 is 1.76 bits per heavy atom. The van der Waals surface area contributed by atoms with Gasteiger partial charge in [-0.05, 0) is 36.5 Å². The molecule has 2 bridgehead atoms. The smallest absolute Gasteiger partial charge is 0.233 e. The summed E-state index contributed by atoms with van der Waals surface area (Å²) in [6.45, 7) is 0.0984. The van der Waals surface area contributed by atoms with Gasteiger partial charge in [0.2, 0.25) is 17.7 Å². The van der Waals surface area contributed by atoms with Crippen LogP contribution in [0.5, 0.6) is 0 Å². The Bertz CT molecular complexity index is 778. The van der Waals surface area contributed by atoms with Gasteiger partial charge in [-0.3, -0.25) is 19.3 Å². The molecular weight excluding hydrogens is 363 g/mol. The lowest BCUT2D eigenvalue weighted by Gasteiger charge is -2.17. The predicted molar refractivity (Wildman–Crippen MR) is 94.1 cm³/mol. The van der Waals surface area contributed by atoms with Crippen LogP contribution >= 0.6 is 23.2 Å². The second kappa shape index (κ2) is 6.15. The van der Waals surface area contributed by atoms with Crippen LogP contribution in [0.15, 0.2) is 30.4 Å². The second-order valence-electron chi connectivity index (χ2n) is 6.75. The standard InChI is InChI=1S/C18H16Cl2N2O3/c19-11-3-4-13(12(20)8-11)21-14(23)5-6-22-17(24)15-9-1-2-10(7-9)16(15)18(22)25/h1-4,8-10,15-16H,5-7H2,(H,21,23)/t9-,10-,15-,16-/m0/s1. The molecule has 0 unspecified atom stereocenters. The number of carbonyl (C=O) groups is 3. The molecule has 2 aliphatic carbocycles. The quantitative estimate of drug-likeness (QED) is 0.646. The Morgan fingerprint density at radius 1 is 1.12 bits per heavy atom. The summed E-state index contributed by atoms with van der Waals surface area (Å²) in [6, 6.07) is 4.78. The van der Waals surface area contributed by atoms with Gasteiger partial charge in [-0.25, -0.2) is 0 Å². The first-order valence-corrected chi connectivity index (χ1v) is 9.00. The fraction of sp³-hybridized carbons (Fsp3) is 0.389. The minimum Gasteiger partial charge on any atom is -0.325 e. The van der Waals surface area contributed by atoms with Gasteiger partial charge >= 0.3 is 0 Å². The number of fused-ring (bicyclic) bond motifs is 5. The highest BCUT2D eigenvalue weighted by molar-refractivity contribution is 6.36. The number of nitrogens with zero attached hydrogens (tertiary/aromatic N) is 1. The van der Waals surface area contributed by atoms with Gasteiger partial charge < -0.3 is 5.32 Å². The van der Waals surface area contributed by atoms with E-state index in [4.69, 9.17) is 23.2 Å². The van der Waals surface area contributed by atoms with Gasteiger partial charge in [0.05, 0.1) is 22.5 Å². The largest absolute Gasteiger partial charge is 0.325 e. The number of nitrogens with one attached hydrogen (secondary N) is 1. The van der Waals surface area contributed by atoms with E-state index in [-0.39, 0.29) is 54.4 Å². The van der Waals surface area contributed by atoms with Gasteiger partial charge in [-0.2, -0.15) is 0 Å². The van der Waals surface area contributed by atoms with Crippen LogP contribution in [-0.2, 0) is 14.4 Å². The predicted octanol–water partition coefficient (Wildman–Crippen LogP) is 3.13. The number of rotatable bonds is 4. The third kappa shape index (κ3) is 2.75. The second-order valence-corrected chi connectivity index (χ2v) is 7.59. The molecule has 0 spiro atoms. The van der Waals surface area contributed by atoms with Crippen LogP contribution in [0.2, 0.25) is 10.0 Å². The Hall–Kier alpha value is -1.85. The summed E-state index contributed by atoms with van der Waals surface area (Å²) < 4.78 is 0. The van der Waals surface area contributed by atoms with Crippen molar-refractivity contribution in [1.82, 2.24) is 4.90 Å². The molecule has 3 aliphatic rings. The van der Waals surface area contributed by atoms with Gasteiger partial charge in [0, 0.05) is 18.0 Å². The molecule has 130 valence electrons. The van der Waals surface area contributed by atoms with E-state index >= 15 is 0 Å². The molecule has 1 saturated heterocycles. The number of halogens is 2. The van der Waals surface area contributed by atoms with Crippen LogP contribution in [0.4, 0.5) is 5.69 Å². The summed E-state index contributed by atoms with van der Waals surface area (Å²) in [5.74, 6) is -0.667. The first kappa shape index (κ1) is 16.6. The van der Waals surface area contributed by atoms with Crippen molar-refractivity contribution in [2.24, 2.45) is 23.7 Å². The van der Waals surface area contributed by atoms with Crippen LogP contribution in [0, 0.1) is 23.7 Å². The Balaban J connectivity index is 1.38. The normalized spacial score (nSPS) is 29.4. The van der Waals surface area contributed by atoms with Crippen molar-refractivity contribution in [1.29, 1.82) is 0 Å². The van der Waals surface area contributed by atoms with Crippen LogP contribution in [0.25, 0.3) is 0 Å². The van der Waals surface area contributed by atoms with Crippen molar-refractivity contribution in [3.63, 3.8) is 0 Å². The van der Waals surface area contributed by atoms with E-state index in [0.29, 0.717) is 15.7 Å². The fourth-order valence-corrected chi connectivity index (χ4v) is 4.66. The number of imide groups is 1. The minimum atomic E-state index is -0.303. The van der Waals surface area contributed by atoms with Crippen LogP contribution in [-0.4, -0.2) is 29.2 Å². The fourth-order valence-electron chi connectivity index (χ4n) is 4.20. The Kier molecular flexibility index (Phi) is 4.08. The van der Waals surface area contributed by atoms with Crippen LogP contribution in [0.1, 0.15) is 12.8 Å². The molecule has 25 heavy (non-hydrogen) atoms. The lowest BCUT2D eigenvalue weighted by Crippen LogP contribution is -2.35. The zero-order valence-corrected chi connectivity index (χ0v) is 14.8. The molecule has 7 heteroatoms. The van der Waals surface area contributed by atoms with E-state index in [1.807, 2.05) is 0 Å². The highest BCUT2D eigenvalue weighted by Gasteiger charge is 2.58. The zero-order valence-electron chi connectivity index (χ0n) is 13.2. The van der Waals surface area contributed by atoms with E-state index in [2.05, 4.69) is 17.5 Å². The van der Waals surface area contributed by atoms with E-state index in [1.54, 1.807) is 12.1 Å². The number of anilines is 1. The van der Waals surface area contributed by atoms with Gasteiger partial charge in [0.1, 0.15) is 0 Å². The number of amides is 3. The van der Waals surface area contributed by atoms with Crippen molar-refractivity contribution in [2.75, 3.05) is 11.9 Å². The summed E-state index contributed by atoms with van der Waals surface area (Å²) in [7, 11) is 0. The first-order valence-electron chi connectivity index (χ1n) is 8.24. The Morgan fingerprint density at radius 3 is 2.36 bits per heavy atom. The van der Waals surface area contributed by atoms with Crippen molar-refractivity contribution >= 4 is 46.6 Å². The molecule has 4 atom stereocenters. The molecule has 1 saturated carbocycles. The monoisotopic (exact) mass is 378 g/mol. The van der Waals surface area contributed by atoms with Gasteiger partial charge in [0.15, 0.2) is 0 Å². The van der Waals surface area contributed by atoms with E-state index in [9.17, 15) is 14.4 Å². The van der Waals surface area contributed by atoms with E-state index in [1.165, 1.54) is 11.0 Å². The maximum Gasteiger partial charge on any atom is 0.233 e. The average Bonchev–Trinajstić information content (AvgIpc) is 3.23. The van der Waals surface area contributed by atoms with Gasteiger partial charge in [-0.15, -0.1) is 0 Å². The SMILES string of the molecule is O=C(CCN1C(=O)[C@@H]2[C@@H](C1=O)[C@H]1C=C[C@H]2C1)Nc1ccc(Cl)cc1Cl. The lowest BCUT2D eigenvalue weighted by atomic mass is 9.85. The number of hydrogen-bond donors (Lipinski definition) is 1. The number of likely N-dealkylation sites (tertiary alicyclic amines) is 1. The molecule has 1 heterocycles. The molecule has 1 aliphatic heterocycles. The van der Waals surface area contributed by atoms with Crippen molar-refractivity contribution < 1.29 is 14.4 Å². The summed E-state index contributed by atoms with van der Waals surface area (Å²) in [5, 5.41) is 3.50. The first-order chi connectivity index (χ1) is 12.0.